The number of hydrogen-bond acceptors (Lipinski definition) is 3. The molecule has 1 aromatic heterocycles. The third kappa shape index (κ3) is 5.51. The van der Waals surface area contributed by atoms with Crippen LogP contribution in [0, 0.1) is 0 Å². The van der Waals surface area contributed by atoms with Crippen molar-refractivity contribution in [3.05, 3.63) is 206 Å². The molecule has 2 heterocycles. The topological polar surface area (TPSA) is 35.0 Å². The predicted octanol–water partition coefficient (Wildman–Crippen LogP) is 15.2. The largest absolute Gasteiger partial charge is 0.456 e. The molecule has 0 bridgehead atoms. The van der Waals surface area contributed by atoms with Crippen molar-refractivity contribution in [1.29, 1.82) is 0 Å². The second-order valence-electron chi connectivity index (χ2n) is 15.3. The van der Waals surface area contributed by atoms with Crippen LogP contribution in [-0.4, -0.2) is 9.97 Å². The van der Waals surface area contributed by atoms with Crippen molar-refractivity contribution >= 4 is 43.1 Å². The minimum Gasteiger partial charge on any atom is -0.456 e. The van der Waals surface area contributed by atoms with E-state index in [1.807, 2.05) is 0 Å². The van der Waals surface area contributed by atoms with E-state index in [1.54, 1.807) is 0 Å². The summed E-state index contributed by atoms with van der Waals surface area (Å²) in [6.45, 7) is 0. The molecule has 1 aliphatic rings. The average molecular weight is 751 g/mol. The maximum Gasteiger partial charge on any atom is 0.161 e. The maximum atomic E-state index is 6.41. The Balaban J connectivity index is 1.04. The van der Waals surface area contributed by atoms with Crippen molar-refractivity contribution in [3.8, 4) is 78.8 Å². The number of benzene rings is 10. The second kappa shape index (κ2) is 13.4. The summed E-state index contributed by atoms with van der Waals surface area (Å²) in [5.41, 5.74) is 11.6. The summed E-state index contributed by atoms with van der Waals surface area (Å²) in [5, 5.41) is 9.50. The molecule has 1 aliphatic heterocycles. The standard InChI is InChI=1S/C56H34N2O/c1-2-12-36(13-3-1)42-18-8-9-21-47(42)56-57-50(34-51(58-56)55-44-20-7-5-15-41(44)33-48-43-19-6-4-14-37(43)28-30-46(48)55)38-26-24-35(25-27-38)40-29-31-52-49(32-40)45-22-10-16-39-17-11-23-53(59-52)54(39)45/h1-34H. The van der Waals surface area contributed by atoms with Crippen LogP contribution in [0.15, 0.2) is 206 Å². The molecule has 3 heteroatoms. The molecule has 0 radical (unpaired) electrons. The van der Waals surface area contributed by atoms with Crippen LogP contribution in [0.25, 0.3) is 110 Å². The fourth-order valence-electron chi connectivity index (χ4n) is 9.06. The van der Waals surface area contributed by atoms with Gasteiger partial charge in [-0.1, -0.05) is 176 Å². The zero-order chi connectivity index (χ0) is 38.9. The predicted molar refractivity (Wildman–Crippen MR) is 245 cm³/mol. The minimum absolute atomic E-state index is 0.687. The molecule has 0 N–H and O–H groups in total. The van der Waals surface area contributed by atoms with Crippen LogP contribution in [0.4, 0.5) is 0 Å². The summed E-state index contributed by atoms with van der Waals surface area (Å²) in [6, 6.07) is 73.3. The van der Waals surface area contributed by atoms with E-state index in [0.29, 0.717) is 5.82 Å². The van der Waals surface area contributed by atoms with Crippen LogP contribution in [0.5, 0.6) is 11.5 Å². The van der Waals surface area contributed by atoms with Gasteiger partial charge in [0.2, 0.25) is 0 Å². The van der Waals surface area contributed by atoms with Gasteiger partial charge in [-0.15, -0.1) is 0 Å². The van der Waals surface area contributed by atoms with Crippen LogP contribution < -0.4 is 4.74 Å². The van der Waals surface area contributed by atoms with Crippen molar-refractivity contribution in [1.82, 2.24) is 9.97 Å². The van der Waals surface area contributed by atoms with Gasteiger partial charge in [-0.3, -0.25) is 0 Å². The fraction of sp³-hybridized carbons (Fsp3) is 0. The summed E-state index contributed by atoms with van der Waals surface area (Å²) in [5.74, 6) is 2.47. The van der Waals surface area contributed by atoms with Gasteiger partial charge in [0.05, 0.1) is 11.4 Å². The molecule has 59 heavy (non-hydrogen) atoms. The van der Waals surface area contributed by atoms with Crippen molar-refractivity contribution in [3.63, 3.8) is 0 Å². The molecule has 3 nitrogen and oxygen atoms in total. The highest BCUT2D eigenvalue weighted by Crippen LogP contribution is 2.48. The van der Waals surface area contributed by atoms with Crippen LogP contribution in [0.3, 0.4) is 0 Å². The second-order valence-corrected chi connectivity index (χ2v) is 15.3. The van der Waals surface area contributed by atoms with Gasteiger partial charge in [0.25, 0.3) is 0 Å². The number of hydrogen-bond donors (Lipinski definition) is 0. The van der Waals surface area contributed by atoms with Crippen LogP contribution in [0.2, 0.25) is 0 Å². The molecular weight excluding hydrogens is 717 g/mol. The smallest absolute Gasteiger partial charge is 0.161 e. The molecule has 0 saturated heterocycles. The lowest BCUT2D eigenvalue weighted by atomic mass is 9.91. The van der Waals surface area contributed by atoms with Gasteiger partial charge in [0.1, 0.15) is 11.5 Å². The van der Waals surface area contributed by atoms with Gasteiger partial charge >= 0.3 is 0 Å². The molecule has 11 aromatic rings. The Labute approximate surface area is 341 Å². The van der Waals surface area contributed by atoms with E-state index in [-0.39, 0.29) is 0 Å². The Hall–Kier alpha value is -7.88. The first-order valence-corrected chi connectivity index (χ1v) is 20.1. The molecule has 0 amide bonds. The molecule has 0 atom stereocenters. The molecular formula is C56H34N2O. The summed E-state index contributed by atoms with van der Waals surface area (Å²) < 4.78 is 6.41. The van der Waals surface area contributed by atoms with Gasteiger partial charge in [0, 0.05) is 27.6 Å². The molecule has 10 aromatic carbocycles. The van der Waals surface area contributed by atoms with Gasteiger partial charge in [-0.05, 0) is 95.9 Å². The molecule has 0 unspecified atom stereocenters. The Morgan fingerprint density at radius 2 is 0.966 bits per heavy atom. The Morgan fingerprint density at radius 3 is 1.83 bits per heavy atom. The van der Waals surface area contributed by atoms with Crippen LogP contribution in [-0.2, 0) is 0 Å². The summed E-state index contributed by atoms with van der Waals surface area (Å²) in [4.78, 5) is 10.9. The van der Waals surface area contributed by atoms with Gasteiger partial charge in [-0.2, -0.15) is 0 Å². The fourth-order valence-corrected chi connectivity index (χ4v) is 9.06. The number of aromatic nitrogens is 2. The molecule has 12 rings (SSSR count). The number of fused-ring (bicyclic) bond motifs is 6. The van der Waals surface area contributed by atoms with Crippen LogP contribution >= 0.6 is 0 Å². The minimum atomic E-state index is 0.687. The normalized spacial score (nSPS) is 11.9. The lowest BCUT2D eigenvalue weighted by Gasteiger charge is -2.22. The van der Waals surface area contributed by atoms with E-state index in [9.17, 15) is 0 Å². The third-order valence-corrected chi connectivity index (χ3v) is 11.9. The lowest BCUT2D eigenvalue weighted by Crippen LogP contribution is -1.98. The summed E-state index contributed by atoms with van der Waals surface area (Å²) in [6.07, 6.45) is 0. The van der Waals surface area contributed by atoms with E-state index < -0.39 is 0 Å². The van der Waals surface area contributed by atoms with Crippen molar-refractivity contribution in [2.24, 2.45) is 0 Å². The van der Waals surface area contributed by atoms with Crippen molar-refractivity contribution in [2.45, 2.75) is 0 Å². The first kappa shape index (κ1) is 33.3. The third-order valence-electron chi connectivity index (χ3n) is 11.9. The summed E-state index contributed by atoms with van der Waals surface area (Å²) >= 11 is 0. The zero-order valence-electron chi connectivity index (χ0n) is 31.9. The average Bonchev–Trinajstić information content (AvgIpc) is 3.31. The molecule has 0 fully saturated rings. The van der Waals surface area contributed by atoms with Gasteiger partial charge in [0.15, 0.2) is 5.82 Å². The maximum absolute atomic E-state index is 6.41. The SMILES string of the molecule is c1ccc(-c2ccccc2-c2nc(-c3ccc(-c4ccc5c(c4)-c4cccc6cccc(c46)O5)cc3)cc(-c3c4ccccc4cc4c3ccc3ccccc34)n2)cc1. The van der Waals surface area contributed by atoms with E-state index in [1.165, 1.54) is 37.9 Å². The van der Waals surface area contributed by atoms with E-state index in [4.69, 9.17) is 14.7 Å². The Kier molecular flexibility index (Phi) is 7.54. The first-order chi connectivity index (χ1) is 29.2. The zero-order valence-corrected chi connectivity index (χ0v) is 31.9. The first-order valence-electron chi connectivity index (χ1n) is 20.1. The van der Waals surface area contributed by atoms with E-state index in [0.717, 1.165) is 78.2 Å². The lowest BCUT2D eigenvalue weighted by molar-refractivity contribution is 0.487. The Bertz CT molecular complexity index is 3460. The molecule has 0 saturated carbocycles. The summed E-state index contributed by atoms with van der Waals surface area (Å²) in [7, 11) is 0. The van der Waals surface area contributed by atoms with E-state index >= 15 is 0 Å². The Morgan fingerprint density at radius 1 is 0.305 bits per heavy atom. The number of rotatable bonds is 5. The van der Waals surface area contributed by atoms with Crippen molar-refractivity contribution in [2.75, 3.05) is 0 Å². The van der Waals surface area contributed by atoms with Crippen molar-refractivity contribution < 1.29 is 4.74 Å². The highest BCUT2D eigenvalue weighted by molar-refractivity contribution is 6.20. The van der Waals surface area contributed by atoms with Gasteiger partial charge < -0.3 is 4.74 Å². The highest BCUT2D eigenvalue weighted by atomic mass is 16.5. The number of ether oxygens (including phenoxy) is 1. The van der Waals surface area contributed by atoms with Gasteiger partial charge in [-0.25, -0.2) is 9.97 Å². The molecule has 0 aliphatic carbocycles. The number of nitrogens with zero attached hydrogens (tertiary/aromatic N) is 2. The van der Waals surface area contributed by atoms with Crippen LogP contribution in [0.1, 0.15) is 0 Å². The van der Waals surface area contributed by atoms with E-state index in [2.05, 4.69) is 206 Å². The highest BCUT2D eigenvalue weighted by Gasteiger charge is 2.21. The quantitative estimate of drug-likeness (QED) is 0.130. The molecule has 0 spiro atoms. The monoisotopic (exact) mass is 750 g/mol. The molecule has 274 valence electrons.